The van der Waals surface area contributed by atoms with Crippen LogP contribution in [0.15, 0.2) is 10.6 Å². The zero-order valence-corrected chi connectivity index (χ0v) is 14.7. The molecule has 0 unspecified atom stereocenters. The van der Waals surface area contributed by atoms with Gasteiger partial charge in [-0.05, 0) is 42.2 Å². The van der Waals surface area contributed by atoms with E-state index >= 15 is 0 Å². The quantitative estimate of drug-likeness (QED) is 0.859. The van der Waals surface area contributed by atoms with Crippen LogP contribution >= 0.6 is 34.5 Å². The predicted octanol–water partition coefficient (Wildman–Crippen LogP) is 4.64. The summed E-state index contributed by atoms with van der Waals surface area (Å²) < 4.78 is 0.196. The highest BCUT2D eigenvalue weighted by molar-refractivity contribution is 7.16. The molecule has 0 bridgehead atoms. The Balaban J connectivity index is 1.79. The van der Waals surface area contributed by atoms with E-state index in [9.17, 15) is 10.1 Å². The Morgan fingerprint density at radius 3 is 2.82 bits per heavy atom. The summed E-state index contributed by atoms with van der Waals surface area (Å²) in [7, 11) is 0. The fraction of sp³-hybridized carbons (Fsp3) is 0.500. The van der Waals surface area contributed by atoms with Crippen LogP contribution in [-0.2, 0) is 17.6 Å². The molecule has 0 aromatic carbocycles. The van der Waals surface area contributed by atoms with Crippen molar-refractivity contribution in [3.05, 3.63) is 26.6 Å². The first-order valence-corrected chi connectivity index (χ1v) is 8.81. The van der Waals surface area contributed by atoms with Crippen molar-refractivity contribution in [3.63, 3.8) is 0 Å². The second-order valence-electron chi connectivity index (χ2n) is 6.44. The van der Waals surface area contributed by atoms with Crippen molar-refractivity contribution in [1.29, 1.82) is 5.26 Å². The summed E-state index contributed by atoms with van der Waals surface area (Å²) in [5.41, 5.74) is 1.61. The Hall–Kier alpha value is -1.02. The minimum absolute atomic E-state index is 0.0369. The van der Waals surface area contributed by atoms with Crippen molar-refractivity contribution >= 4 is 45.4 Å². The molecule has 2 aliphatic rings. The molecule has 2 atom stereocenters. The Morgan fingerprint density at radius 1 is 1.45 bits per heavy atom. The molecule has 1 aromatic rings. The lowest BCUT2D eigenvalue weighted by molar-refractivity contribution is -0.118. The zero-order valence-electron chi connectivity index (χ0n) is 12.4. The van der Waals surface area contributed by atoms with E-state index in [1.165, 1.54) is 4.88 Å². The number of aryl methyl sites for hydroxylation is 1. The predicted molar refractivity (Wildman–Crippen MR) is 90.2 cm³/mol. The van der Waals surface area contributed by atoms with Crippen molar-refractivity contribution in [2.75, 3.05) is 5.32 Å². The molecule has 1 N–H and O–H groups in total. The van der Waals surface area contributed by atoms with Gasteiger partial charge in [-0.2, -0.15) is 5.26 Å². The Kier molecular flexibility index (Phi) is 4.01. The Morgan fingerprint density at radius 2 is 2.18 bits per heavy atom. The molecule has 116 valence electrons. The molecule has 6 heteroatoms. The number of hydrogen-bond donors (Lipinski definition) is 1. The molecule has 1 fully saturated rings. The van der Waals surface area contributed by atoms with E-state index in [4.69, 9.17) is 23.2 Å². The maximum Gasteiger partial charge on any atom is 0.229 e. The number of allylic oxidation sites excluding steroid dienone is 1. The number of rotatable bonds is 3. The largest absolute Gasteiger partial charge is 0.316 e. The number of nitriles is 1. The molecule has 0 spiro atoms. The van der Waals surface area contributed by atoms with Gasteiger partial charge in [0.1, 0.15) is 15.6 Å². The van der Waals surface area contributed by atoms with E-state index in [1.54, 1.807) is 17.4 Å². The molecule has 1 saturated carbocycles. The lowest BCUT2D eigenvalue weighted by atomic mass is 10.1. The average molecular weight is 355 g/mol. The van der Waals surface area contributed by atoms with Gasteiger partial charge in [-0.1, -0.05) is 37.0 Å². The Bertz CT molecular complexity index is 710. The first kappa shape index (κ1) is 15.9. The second-order valence-corrected chi connectivity index (χ2v) is 8.56. The van der Waals surface area contributed by atoms with Crippen LogP contribution in [0.2, 0.25) is 0 Å². The number of thiophene rings is 1. The summed E-state index contributed by atoms with van der Waals surface area (Å²) in [4.78, 5) is 13.8. The molecular formula is C16H16Cl2N2OS. The normalized spacial score (nSPS) is 24.3. The first-order valence-electron chi connectivity index (χ1n) is 7.24. The third-order valence-corrected chi connectivity index (χ3v) is 6.23. The SMILES string of the molecule is CC1(C)[C@H](C=C(Cl)Cl)[C@@H]1C(=O)Nc1sc2c(c1C#N)CCC2. The highest BCUT2D eigenvalue weighted by Crippen LogP contribution is 2.60. The molecule has 0 saturated heterocycles. The molecule has 1 aromatic heterocycles. The molecule has 1 amide bonds. The fourth-order valence-corrected chi connectivity index (χ4v) is 4.94. The smallest absolute Gasteiger partial charge is 0.229 e. The minimum Gasteiger partial charge on any atom is -0.316 e. The van der Waals surface area contributed by atoms with Gasteiger partial charge in [-0.15, -0.1) is 11.3 Å². The molecule has 3 nitrogen and oxygen atoms in total. The van der Waals surface area contributed by atoms with E-state index in [0.717, 1.165) is 24.8 Å². The van der Waals surface area contributed by atoms with Crippen LogP contribution in [0.1, 0.15) is 36.3 Å². The number of fused-ring (bicyclic) bond motifs is 1. The first-order chi connectivity index (χ1) is 10.4. The average Bonchev–Trinajstić information content (AvgIpc) is 2.78. The molecule has 0 aliphatic heterocycles. The van der Waals surface area contributed by atoms with Gasteiger partial charge in [0.25, 0.3) is 0 Å². The lowest BCUT2D eigenvalue weighted by Crippen LogP contribution is -2.16. The summed E-state index contributed by atoms with van der Waals surface area (Å²) in [6.07, 6.45) is 4.77. The van der Waals surface area contributed by atoms with Crippen molar-refractivity contribution in [1.82, 2.24) is 0 Å². The summed E-state index contributed by atoms with van der Waals surface area (Å²) in [6.45, 7) is 4.05. The monoisotopic (exact) mass is 354 g/mol. The number of hydrogen-bond acceptors (Lipinski definition) is 3. The summed E-state index contributed by atoms with van der Waals surface area (Å²) in [6, 6.07) is 2.25. The topological polar surface area (TPSA) is 52.9 Å². The Labute approximate surface area is 143 Å². The summed E-state index contributed by atoms with van der Waals surface area (Å²) in [5.74, 6) is -0.185. The standard InChI is InChI=1S/C16H16Cl2N2OS/c1-16(2)10(6-12(17)18)13(16)14(21)20-15-9(7-19)8-4-3-5-11(8)22-15/h6,10,13H,3-5H2,1-2H3,(H,20,21)/t10-,13-/m1/s1. The van der Waals surface area contributed by atoms with E-state index in [-0.39, 0.29) is 27.6 Å². The maximum absolute atomic E-state index is 12.5. The van der Waals surface area contributed by atoms with Crippen LogP contribution in [0.5, 0.6) is 0 Å². The van der Waals surface area contributed by atoms with Crippen LogP contribution in [0, 0.1) is 28.6 Å². The number of carbonyl (C=O) groups is 1. The second kappa shape index (κ2) is 5.56. The van der Waals surface area contributed by atoms with Crippen molar-refractivity contribution in [2.45, 2.75) is 33.1 Å². The van der Waals surface area contributed by atoms with Gasteiger partial charge in [-0.25, -0.2) is 0 Å². The fourth-order valence-electron chi connectivity index (χ4n) is 3.43. The van der Waals surface area contributed by atoms with Crippen LogP contribution in [0.25, 0.3) is 0 Å². The number of nitrogens with one attached hydrogen (secondary N) is 1. The summed E-state index contributed by atoms with van der Waals surface area (Å²) in [5, 5.41) is 13.0. The highest BCUT2D eigenvalue weighted by Gasteiger charge is 2.60. The number of nitrogens with zero attached hydrogens (tertiary/aromatic N) is 1. The van der Waals surface area contributed by atoms with E-state index in [1.807, 2.05) is 13.8 Å². The summed E-state index contributed by atoms with van der Waals surface area (Å²) >= 11 is 13.0. The van der Waals surface area contributed by atoms with E-state index in [0.29, 0.717) is 10.6 Å². The third-order valence-electron chi connectivity index (χ3n) is 4.77. The van der Waals surface area contributed by atoms with Gasteiger partial charge in [0, 0.05) is 4.88 Å². The van der Waals surface area contributed by atoms with Gasteiger partial charge >= 0.3 is 0 Å². The van der Waals surface area contributed by atoms with Gasteiger partial charge in [0.15, 0.2) is 0 Å². The van der Waals surface area contributed by atoms with E-state index in [2.05, 4.69) is 11.4 Å². The molecule has 22 heavy (non-hydrogen) atoms. The van der Waals surface area contributed by atoms with Crippen molar-refractivity contribution in [3.8, 4) is 6.07 Å². The van der Waals surface area contributed by atoms with Gasteiger partial charge in [0.05, 0.1) is 11.5 Å². The van der Waals surface area contributed by atoms with Gasteiger partial charge in [-0.3, -0.25) is 4.79 Å². The molecule has 2 aliphatic carbocycles. The minimum atomic E-state index is -0.163. The molecule has 3 rings (SSSR count). The number of halogens is 2. The van der Waals surface area contributed by atoms with Crippen LogP contribution < -0.4 is 5.32 Å². The van der Waals surface area contributed by atoms with Gasteiger partial charge < -0.3 is 5.32 Å². The van der Waals surface area contributed by atoms with Gasteiger partial charge in [0.2, 0.25) is 5.91 Å². The lowest BCUT2D eigenvalue weighted by Gasteiger charge is -2.05. The van der Waals surface area contributed by atoms with E-state index < -0.39 is 0 Å². The van der Waals surface area contributed by atoms with Crippen molar-refractivity contribution in [2.24, 2.45) is 17.3 Å². The number of amides is 1. The van der Waals surface area contributed by atoms with Crippen molar-refractivity contribution < 1.29 is 4.79 Å². The number of anilines is 1. The zero-order chi connectivity index (χ0) is 16.1. The number of carbonyl (C=O) groups excluding carboxylic acids is 1. The third kappa shape index (κ3) is 2.56. The van der Waals surface area contributed by atoms with Crippen LogP contribution in [-0.4, -0.2) is 5.91 Å². The van der Waals surface area contributed by atoms with Crippen LogP contribution in [0.4, 0.5) is 5.00 Å². The maximum atomic E-state index is 12.5. The highest BCUT2D eigenvalue weighted by atomic mass is 35.5. The molecular weight excluding hydrogens is 339 g/mol. The molecule has 0 radical (unpaired) electrons. The molecule has 1 heterocycles. The van der Waals surface area contributed by atoms with Crippen LogP contribution in [0.3, 0.4) is 0 Å².